The third kappa shape index (κ3) is 6.46. The van der Waals surface area contributed by atoms with Gasteiger partial charge in [-0.2, -0.15) is 13.6 Å². The van der Waals surface area contributed by atoms with E-state index in [0.29, 0.717) is 4.57 Å². The fourth-order valence-electron chi connectivity index (χ4n) is 2.44. The quantitative estimate of drug-likeness (QED) is 0.177. The number of nitrogens with two attached hydrogens (primary N) is 1. The number of nitrogen functional groups attached to an aromatic ring is 1. The minimum absolute atomic E-state index is 0.212. The summed E-state index contributed by atoms with van der Waals surface area (Å²) >= 11 is 0. The highest BCUT2D eigenvalue weighted by atomic mass is 31.3. The average molecular weight is 515 g/mol. The maximum Gasteiger partial charge on any atom is 0.490 e. The van der Waals surface area contributed by atoms with Gasteiger partial charge in [-0.05, 0) is 6.07 Å². The Morgan fingerprint density at radius 2 is 1.84 bits per heavy atom. The van der Waals surface area contributed by atoms with E-state index in [9.17, 15) is 38.0 Å². The molecule has 17 nitrogen and oxygen atoms in total. The molecule has 0 spiro atoms. The molecular weight excluding hydrogens is 498 g/mol. The number of hydrogen-bond donors (Lipinski definition) is 7. The summed E-state index contributed by atoms with van der Waals surface area (Å²) < 4.78 is 65.3. The van der Waals surface area contributed by atoms with Gasteiger partial charge in [0.1, 0.15) is 17.5 Å². The van der Waals surface area contributed by atoms with Crippen LogP contribution in [0.25, 0.3) is 0 Å². The fraction of sp³-hybridized carbons (Fsp3) is 0.600. The minimum Gasteiger partial charge on any atom is -0.393 e. The van der Waals surface area contributed by atoms with Gasteiger partial charge < -0.3 is 40.3 Å². The summed E-state index contributed by atoms with van der Waals surface area (Å²) in [7, 11) is -17.1. The largest absolute Gasteiger partial charge is 0.490 e. The molecule has 0 bridgehead atoms. The number of alkyl halides is 1. The number of halogens is 1. The molecule has 31 heavy (non-hydrogen) atoms. The van der Waals surface area contributed by atoms with Crippen LogP contribution in [0.4, 0.5) is 10.2 Å². The first-order valence-electron chi connectivity index (χ1n) is 7.75. The van der Waals surface area contributed by atoms with Crippen LogP contribution in [0.3, 0.4) is 0 Å². The van der Waals surface area contributed by atoms with Gasteiger partial charge in [-0.15, -0.1) is 0 Å². The van der Waals surface area contributed by atoms with Crippen molar-refractivity contribution in [2.75, 3.05) is 18.9 Å². The van der Waals surface area contributed by atoms with Gasteiger partial charge in [0.25, 0.3) is 0 Å². The number of aromatic nitrogens is 2. The molecule has 1 aliphatic rings. The van der Waals surface area contributed by atoms with E-state index in [1.807, 2.05) is 0 Å². The Hall–Kier alpha value is -1.10. The summed E-state index contributed by atoms with van der Waals surface area (Å²) in [4.78, 5) is 50.7. The van der Waals surface area contributed by atoms with Crippen LogP contribution < -0.4 is 11.4 Å². The maximum absolute atomic E-state index is 14.6. The molecule has 1 fully saturated rings. The number of aliphatic hydroxyl groups is 2. The summed E-state index contributed by atoms with van der Waals surface area (Å²) in [6.07, 6.45) is -5.60. The molecule has 1 aliphatic heterocycles. The molecule has 2 unspecified atom stereocenters. The van der Waals surface area contributed by atoms with E-state index < -0.39 is 66.5 Å². The van der Waals surface area contributed by atoms with E-state index in [-0.39, 0.29) is 5.82 Å². The van der Waals surface area contributed by atoms with Crippen LogP contribution in [0.2, 0.25) is 0 Å². The lowest BCUT2D eigenvalue weighted by molar-refractivity contribution is -0.148. The summed E-state index contributed by atoms with van der Waals surface area (Å²) in [6.45, 7) is -2.61. The molecule has 6 atom stereocenters. The minimum atomic E-state index is -5.83. The van der Waals surface area contributed by atoms with Crippen LogP contribution in [0.1, 0.15) is 6.23 Å². The molecule has 1 aromatic rings. The van der Waals surface area contributed by atoms with Crippen molar-refractivity contribution in [3.05, 3.63) is 22.7 Å². The highest BCUT2D eigenvalue weighted by Crippen LogP contribution is 2.66. The second-order valence-corrected chi connectivity index (χ2v) is 10.4. The van der Waals surface area contributed by atoms with Crippen molar-refractivity contribution in [1.82, 2.24) is 9.55 Å². The lowest BCUT2D eigenvalue weighted by Gasteiger charge is -2.30. The Morgan fingerprint density at radius 3 is 2.35 bits per heavy atom. The number of nitrogens with zero attached hydrogens (tertiary/aromatic N) is 2. The molecular formula is C10H17FN3O14P3. The first-order valence-corrected chi connectivity index (χ1v) is 12.3. The highest BCUT2D eigenvalue weighted by molar-refractivity contribution is 7.66. The second-order valence-electron chi connectivity index (χ2n) is 6.03. The molecule has 0 saturated carbocycles. The van der Waals surface area contributed by atoms with E-state index in [0.717, 1.165) is 12.3 Å². The van der Waals surface area contributed by atoms with Crippen molar-refractivity contribution in [3.8, 4) is 0 Å². The Bertz CT molecular complexity index is 1020. The van der Waals surface area contributed by atoms with E-state index in [4.69, 9.17) is 25.2 Å². The lowest BCUT2D eigenvalue weighted by Crippen LogP contribution is -2.49. The van der Waals surface area contributed by atoms with Crippen LogP contribution >= 0.6 is 23.5 Å². The van der Waals surface area contributed by atoms with Gasteiger partial charge in [0.2, 0.25) is 0 Å². The number of phosphoric acid groups is 3. The molecule has 0 radical (unpaired) electrons. The monoisotopic (exact) mass is 515 g/mol. The smallest absolute Gasteiger partial charge is 0.393 e. The molecule has 2 heterocycles. The maximum atomic E-state index is 14.6. The first kappa shape index (κ1) is 26.2. The molecule has 178 valence electrons. The van der Waals surface area contributed by atoms with Crippen molar-refractivity contribution in [3.63, 3.8) is 0 Å². The zero-order valence-corrected chi connectivity index (χ0v) is 17.6. The third-order valence-electron chi connectivity index (χ3n) is 3.75. The standard InChI is InChI=1S/C10H17FN3O14P3/c11-6-7(16)10(3-15,26-8(6)14-2-1-5(12)13-9(14)17)4-25-30(21,22)28-31(23,24)27-29(18,19)20/h1-2,6-8,15-16H,3-4H2,(H,21,22)(H,23,24)(H2,12,13,17)(H2,18,19,20)/t6-,7+,8-,10-/m1/s1. The Kier molecular flexibility index (Phi) is 7.62. The number of ether oxygens (including phenoxy) is 1. The van der Waals surface area contributed by atoms with Crippen LogP contribution in [-0.4, -0.2) is 70.4 Å². The van der Waals surface area contributed by atoms with Crippen molar-refractivity contribution in [2.24, 2.45) is 0 Å². The summed E-state index contributed by atoms with van der Waals surface area (Å²) in [5, 5.41) is 19.7. The SMILES string of the molecule is Nc1ccn([C@@H]2O[C@](CO)(COP(=O)(O)OP(=O)(O)OP(=O)(O)O)[C@@H](O)[C@H]2F)c(=O)n1. The summed E-state index contributed by atoms with van der Waals surface area (Å²) in [5.74, 6) is -0.212. The molecule has 1 saturated heterocycles. The normalized spacial score (nSPS) is 30.6. The van der Waals surface area contributed by atoms with E-state index >= 15 is 0 Å². The van der Waals surface area contributed by atoms with Gasteiger partial charge in [-0.25, -0.2) is 22.9 Å². The van der Waals surface area contributed by atoms with Gasteiger partial charge >= 0.3 is 29.2 Å². The number of rotatable bonds is 9. The number of aliphatic hydroxyl groups excluding tert-OH is 2. The topological polar surface area (TPSA) is 270 Å². The van der Waals surface area contributed by atoms with Crippen LogP contribution in [0.15, 0.2) is 17.1 Å². The molecule has 8 N–H and O–H groups in total. The zero-order chi connectivity index (χ0) is 23.8. The van der Waals surface area contributed by atoms with Crippen molar-refractivity contribution < 1.29 is 65.8 Å². The van der Waals surface area contributed by atoms with Crippen LogP contribution in [-0.2, 0) is 31.6 Å². The van der Waals surface area contributed by atoms with Gasteiger partial charge in [-0.1, -0.05) is 0 Å². The van der Waals surface area contributed by atoms with E-state index in [1.165, 1.54) is 0 Å². The first-order chi connectivity index (χ1) is 14.0. The molecule has 1 aromatic heterocycles. The van der Waals surface area contributed by atoms with Gasteiger partial charge in [0.05, 0.1) is 13.2 Å². The Balaban J connectivity index is 2.20. The highest BCUT2D eigenvalue weighted by Gasteiger charge is 2.57. The average Bonchev–Trinajstić information content (AvgIpc) is 2.82. The third-order valence-corrected chi connectivity index (χ3v) is 7.53. The number of phosphoric ester groups is 1. The Labute approximate surface area is 171 Å². The summed E-state index contributed by atoms with van der Waals surface area (Å²) in [5.41, 5.74) is 1.72. The molecule has 0 amide bonds. The molecule has 0 aliphatic carbocycles. The van der Waals surface area contributed by atoms with Gasteiger partial charge in [0.15, 0.2) is 12.4 Å². The van der Waals surface area contributed by atoms with Crippen LogP contribution in [0, 0.1) is 0 Å². The second kappa shape index (κ2) is 9.03. The van der Waals surface area contributed by atoms with Crippen molar-refractivity contribution in [1.29, 1.82) is 0 Å². The van der Waals surface area contributed by atoms with Crippen molar-refractivity contribution >= 4 is 29.3 Å². The van der Waals surface area contributed by atoms with E-state index in [2.05, 4.69) is 18.1 Å². The predicted octanol–water partition coefficient (Wildman–Crippen LogP) is -1.87. The molecule has 2 rings (SSSR count). The van der Waals surface area contributed by atoms with E-state index in [1.54, 1.807) is 0 Å². The fourth-order valence-corrected chi connectivity index (χ4v) is 5.52. The number of hydrogen-bond acceptors (Lipinski definition) is 12. The molecule has 21 heteroatoms. The summed E-state index contributed by atoms with van der Waals surface area (Å²) in [6, 6.07) is 1.09. The van der Waals surface area contributed by atoms with Crippen molar-refractivity contribution in [2.45, 2.75) is 24.1 Å². The van der Waals surface area contributed by atoms with Gasteiger partial charge in [-0.3, -0.25) is 9.09 Å². The van der Waals surface area contributed by atoms with Gasteiger partial charge in [0, 0.05) is 6.20 Å². The lowest BCUT2D eigenvalue weighted by atomic mass is 9.98. The Morgan fingerprint density at radius 1 is 1.23 bits per heavy atom. The molecule has 0 aromatic carbocycles. The van der Waals surface area contributed by atoms with Crippen LogP contribution in [0.5, 0.6) is 0 Å². The number of anilines is 1. The zero-order valence-electron chi connectivity index (χ0n) is 14.9. The predicted molar refractivity (Wildman–Crippen MR) is 93.6 cm³/mol.